The largest absolute Gasteiger partial charge is 0.361 e. The Hall–Kier alpha value is -1.27. The summed E-state index contributed by atoms with van der Waals surface area (Å²) in [5.74, 6) is 0.879. The fourth-order valence-electron chi connectivity index (χ4n) is 1.69. The lowest BCUT2D eigenvalue weighted by molar-refractivity contribution is -0.119. The highest BCUT2D eigenvalue weighted by molar-refractivity contribution is 8.00. The van der Waals surface area contributed by atoms with Crippen molar-refractivity contribution in [2.45, 2.75) is 39.0 Å². The second kappa shape index (κ2) is 9.69. The Kier molecular flexibility index (Phi) is 8.27. The van der Waals surface area contributed by atoms with Crippen molar-refractivity contribution in [2.75, 3.05) is 12.3 Å². The third kappa shape index (κ3) is 7.66. The summed E-state index contributed by atoms with van der Waals surface area (Å²) in [6, 6.07) is 6.24. The Morgan fingerprint density at radius 2 is 2.00 bits per heavy atom. The van der Waals surface area contributed by atoms with Crippen molar-refractivity contribution >= 4 is 35.0 Å². The maximum absolute atomic E-state index is 11.8. The zero-order valence-electron chi connectivity index (χ0n) is 13.7. The quantitative estimate of drug-likeness (QED) is 0.423. The molecule has 0 bridgehead atoms. The van der Waals surface area contributed by atoms with Gasteiger partial charge >= 0.3 is 0 Å². The van der Waals surface area contributed by atoms with Crippen LogP contribution in [0.1, 0.15) is 31.4 Å². The van der Waals surface area contributed by atoms with Crippen LogP contribution in [0.2, 0.25) is 0 Å². The number of hydrogen-bond acceptors (Lipinski definition) is 3. The highest BCUT2D eigenvalue weighted by Gasteiger charge is 2.06. The number of nitrogens with one attached hydrogen (secondary N) is 3. The third-order valence-electron chi connectivity index (χ3n) is 3.03. The van der Waals surface area contributed by atoms with Crippen LogP contribution in [0.5, 0.6) is 0 Å². The first-order valence-electron chi connectivity index (χ1n) is 7.41. The van der Waals surface area contributed by atoms with Crippen LogP contribution in [0.25, 0.3) is 0 Å². The maximum atomic E-state index is 11.8. The molecular formula is C16H25N3OS2. The molecule has 0 aliphatic carbocycles. The van der Waals surface area contributed by atoms with E-state index in [0.717, 1.165) is 17.9 Å². The van der Waals surface area contributed by atoms with Crippen LogP contribution < -0.4 is 16.2 Å². The van der Waals surface area contributed by atoms with Gasteiger partial charge in [0, 0.05) is 11.4 Å². The average molecular weight is 340 g/mol. The molecule has 6 heteroatoms. The van der Waals surface area contributed by atoms with Crippen molar-refractivity contribution in [1.82, 2.24) is 16.2 Å². The van der Waals surface area contributed by atoms with Gasteiger partial charge in [0.25, 0.3) is 0 Å². The van der Waals surface area contributed by atoms with Crippen LogP contribution in [0, 0.1) is 19.8 Å². The molecule has 0 unspecified atom stereocenters. The van der Waals surface area contributed by atoms with Crippen molar-refractivity contribution in [3.05, 3.63) is 29.3 Å². The van der Waals surface area contributed by atoms with E-state index in [0.29, 0.717) is 16.8 Å². The number of carbonyl (C=O) groups is 1. The summed E-state index contributed by atoms with van der Waals surface area (Å²) in [7, 11) is 0. The predicted molar refractivity (Wildman–Crippen MR) is 98.0 cm³/mol. The molecule has 0 aliphatic heterocycles. The molecule has 1 aromatic rings. The molecule has 4 nitrogen and oxygen atoms in total. The molecule has 0 saturated heterocycles. The number of carbonyl (C=O) groups excluding carboxylic acids is 1. The summed E-state index contributed by atoms with van der Waals surface area (Å²) in [6.45, 7) is 9.21. The fraction of sp³-hybridized carbons (Fsp3) is 0.500. The molecule has 1 rings (SSSR count). The van der Waals surface area contributed by atoms with E-state index in [1.165, 1.54) is 22.9 Å². The normalized spacial score (nSPS) is 10.4. The van der Waals surface area contributed by atoms with Crippen molar-refractivity contribution in [2.24, 2.45) is 5.92 Å². The summed E-state index contributed by atoms with van der Waals surface area (Å²) in [4.78, 5) is 12.9. The van der Waals surface area contributed by atoms with E-state index in [-0.39, 0.29) is 5.91 Å². The topological polar surface area (TPSA) is 53.2 Å². The maximum Gasteiger partial charge on any atom is 0.248 e. The molecule has 122 valence electrons. The molecule has 0 saturated carbocycles. The van der Waals surface area contributed by atoms with Crippen molar-refractivity contribution in [1.29, 1.82) is 0 Å². The van der Waals surface area contributed by atoms with Gasteiger partial charge in [-0.2, -0.15) is 0 Å². The van der Waals surface area contributed by atoms with Gasteiger partial charge in [-0.3, -0.25) is 15.6 Å². The average Bonchev–Trinajstić information content (AvgIpc) is 2.45. The SMILES string of the molecule is Cc1ccc(C)c(SCC(=O)NNC(=S)NCCC(C)C)c1. The van der Waals surface area contributed by atoms with Gasteiger partial charge < -0.3 is 5.32 Å². The first-order chi connectivity index (χ1) is 10.4. The van der Waals surface area contributed by atoms with E-state index in [2.05, 4.69) is 48.2 Å². The van der Waals surface area contributed by atoms with Crippen LogP contribution in [0.15, 0.2) is 23.1 Å². The minimum absolute atomic E-state index is 0.0982. The number of rotatable bonds is 6. The Bertz CT molecular complexity index is 518. The van der Waals surface area contributed by atoms with Gasteiger partial charge in [0.05, 0.1) is 5.75 Å². The van der Waals surface area contributed by atoms with Crippen LogP contribution in [-0.4, -0.2) is 23.3 Å². The zero-order chi connectivity index (χ0) is 16.5. The van der Waals surface area contributed by atoms with Gasteiger partial charge in [-0.25, -0.2) is 0 Å². The first kappa shape index (κ1) is 18.8. The van der Waals surface area contributed by atoms with Crippen LogP contribution >= 0.6 is 24.0 Å². The van der Waals surface area contributed by atoms with Crippen molar-refractivity contribution < 1.29 is 4.79 Å². The van der Waals surface area contributed by atoms with Gasteiger partial charge in [-0.1, -0.05) is 31.5 Å². The second-order valence-electron chi connectivity index (χ2n) is 5.67. The molecule has 1 aromatic carbocycles. The molecule has 3 N–H and O–H groups in total. The van der Waals surface area contributed by atoms with Crippen LogP contribution in [0.4, 0.5) is 0 Å². The van der Waals surface area contributed by atoms with Gasteiger partial charge in [0.15, 0.2) is 5.11 Å². The van der Waals surface area contributed by atoms with Crippen LogP contribution in [-0.2, 0) is 4.79 Å². The highest BCUT2D eigenvalue weighted by Crippen LogP contribution is 2.23. The molecule has 22 heavy (non-hydrogen) atoms. The van der Waals surface area contributed by atoms with E-state index in [1.54, 1.807) is 0 Å². The molecule has 0 aromatic heterocycles. The van der Waals surface area contributed by atoms with E-state index < -0.39 is 0 Å². The number of thioether (sulfide) groups is 1. The molecule has 0 heterocycles. The summed E-state index contributed by atoms with van der Waals surface area (Å²) < 4.78 is 0. The van der Waals surface area contributed by atoms with Gasteiger partial charge in [0.2, 0.25) is 5.91 Å². The minimum Gasteiger partial charge on any atom is -0.361 e. The Labute approximate surface area is 142 Å². The van der Waals surface area contributed by atoms with Gasteiger partial charge in [-0.15, -0.1) is 11.8 Å². The molecule has 0 atom stereocenters. The van der Waals surface area contributed by atoms with E-state index in [9.17, 15) is 4.79 Å². The zero-order valence-corrected chi connectivity index (χ0v) is 15.3. The molecule has 1 amide bonds. The third-order valence-corrected chi connectivity index (χ3v) is 4.43. The Morgan fingerprint density at radius 3 is 2.68 bits per heavy atom. The van der Waals surface area contributed by atoms with Gasteiger partial charge in [-0.05, 0) is 50.0 Å². The number of amides is 1. The van der Waals surface area contributed by atoms with E-state index >= 15 is 0 Å². The number of aryl methyl sites for hydroxylation is 2. The molecule has 0 spiro atoms. The Balaban J connectivity index is 2.26. The number of thiocarbonyl (C=S) groups is 1. The minimum atomic E-state index is -0.0982. The smallest absolute Gasteiger partial charge is 0.248 e. The summed E-state index contributed by atoms with van der Waals surface area (Å²) in [5, 5.41) is 3.51. The molecule has 0 fully saturated rings. The molecule has 0 aliphatic rings. The monoisotopic (exact) mass is 339 g/mol. The lowest BCUT2D eigenvalue weighted by atomic mass is 10.1. The van der Waals surface area contributed by atoms with Crippen LogP contribution in [0.3, 0.4) is 0 Å². The summed E-state index contributed by atoms with van der Waals surface area (Å²) in [5.41, 5.74) is 7.72. The number of benzene rings is 1. The standard InChI is InChI=1S/C16H25N3OS2/c1-11(2)7-8-17-16(21)19-18-15(20)10-22-14-9-12(3)5-6-13(14)4/h5-6,9,11H,7-8,10H2,1-4H3,(H,18,20)(H2,17,19,21). The first-order valence-corrected chi connectivity index (χ1v) is 8.80. The van der Waals surface area contributed by atoms with Crippen molar-refractivity contribution in [3.8, 4) is 0 Å². The summed E-state index contributed by atoms with van der Waals surface area (Å²) in [6.07, 6.45) is 1.04. The predicted octanol–water partition coefficient (Wildman–Crippen LogP) is 2.94. The lowest BCUT2D eigenvalue weighted by Crippen LogP contribution is -2.47. The molecule has 0 radical (unpaired) electrons. The number of hydrogen-bond donors (Lipinski definition) is 3. The van der Waals surface area contributed by atoms with E-state index in [4.69, 9.17) is 12.2 Å². The van der Waals surface area contributed by atoms with Gasteiger partial charge in [0.1, 0.15) is 0 Å². The number of hydrazine groups is 1. The lowest BCUT2D eigenvalue weighted by Gasteiger charge is -2.12. The van der Waals surface area contributed by atoms with Crippen molar-refractivity contribution in [3.63, 3.8) is 0 Å². The van der Waals surface area contributed by atoms with E-state index in [1.807, 2.05) is 13.8 Å². The Morgan fingerprint density at radius 1 is 1.27 bits per heavy atom. The highest BCUT2D eigenvalue weighted by atomic mass is 32.2. The fourth-order valence-corrected chi connectivity index (χ4v) is 2.76. The second-order valence-corrected chi connectivity index (χ2v) is 7.09. The summed E-state index contributed by atoms with van der Waals surface area (Å²) >= 11 is 6.62. The molecular weight excluding hydrogens is 314 g/mol.